The highest BCUT2D eigenvalue weighted by atomic mass is 16.5. The van der Waals surface area contributed by atoms with Gasteiger partial charge in [-0.1, -0.05) is 22.9 Å². The van der Waals surface area contributed by atoms with Gasteiger partial charge in [0.25, 0.3) is 5.91 Å². The molecule has 1 aliphatic heterocycles. The van der Waals surface area contributed by atoms with Crippen LogP contribution in [0.25, 0.3) is 5.69 Å². The predicted molar refractivity (Wildman–Crippen MR) is 107 cm³/mol. The lowest BCUT2D eigenvalue weighted by molar-refractivity contribution is 0.0741. The standard InChI is InChI=1S/C21H23N5O2/c1-16-3-5-18(6-4-16)26-15-20(22-23-26)21(27)25-13-11-24(12-14-25)17-7-9-19(28-2)10-8-17/h3-10,15H,11-14H2,1-2H3. The van der Waals surface area contributed by atoms with Crippen molar-refractivity contribution in [3.8, 4) is 11.4 Å². The molecule has 28 heavy (non-hydrogen) atoms. The first-order valence-corrected chi connectivity index (χ1v) is 9.32. The smallest absolute Gasteiger partial charge is 0.276 e. The summed E-state index contributed by atoms with van der Waals surface area (Å²) in [5.74, 6) is 0.766. The van der Waals surface area contributed by atoms with Gasteiger partial charge in [-0.25, -0.2) is 4.68 Å². The zero-order valence-electron chi connectivity index (χ0n) is 16.1. The van der Waals surface area contributed by atoms with Crippen molar-refractivity contribution in [1.29, 1.82) is 0 Å². The first-order valence-electron chi connectivity index (χ1n) is 9.32. The average Bonchev–Trinajstić information content (AvgIpc) is 3.24. The van der Waals surface area contributed by atoms with E-state index < -0.39 is 0 Å². The number of aromatic nitrogens is 3. The molecule has 0 spiro atoms. The summed E-state index contributed by atoms with van der Waals surface area (Å²) >= 11 is 0. The van der Waals surface area contributed by atoms with Gasteiger partial charge >= 0.3 is 0 Å². The van der Waals surface area contributed by atoms with Crippen LogP contribution >= 0.6 is 0 Å². The van der Waals surface area contributed by atoms with Gasteiger partial charge in [-0.05, 0) is 43.3 Å². The largest absolute Gasteiger partial charge is 0.497 e. The lowest BCUT2D eigenvalue weighted by atomic mass is 10.2. The van der Waals surface area contributed by atoms with Gasteiger partial charge in [0.1, 0.15) is 5.75 Å². The Balaban J connectivity index is 1.39. The van der Waals surface area contributed by atoms with Crippen molar-refractivity contribution in [3.63, 3.8) is 0 Å². The highest BCUT2D eigenvalue weighted by Gasteiger charge is 2.24. The molecule has 1 saturated heterocycles. The van der Waals surface area contributed by atoms with E-state index in [0.29, 0.717) is 18.8 Å². The maximum atomic E-state index is 12.8. The molecule has 7 nitrogen and oxygen atoms in total. The molecule has 4 rings (SSSR count). The van der Waals surface area contributed by atoms with E-state index in [4.69, 9.17) is 4.74 Å². The molecular weight excluding hydrogens is 354 g/mol. The Labute approximate surface area is 164 Å². The molecule has 7 heteroatoms. The molecule has 1 fully saturated rings. The van der Waals surface area contributed by atoms with Crippen LogP contribution in [0.4, 0.5) is 5.69 Å². The molecular formula is C21H23N5O2. The number of benzene rings is 2. The molecule has 2 heterocycles. The van der Waals surface area contributed by atoms with Gasteiger partial charge in [0.05, 0.1) is 19.0 Å². The Morgan fingerprint density at radius 1 is 0.929 bits per heavy atom. The molecule has 0 radical (unpaired) electrons. The van der Waals surface area contributed by atoms with Crippen molar-refractivity contribution < 1.29 is 9.53 Å². The fraction of sp³-hybridized carbons (Fsp3) is 0.286. The Bertz CT molecular complexity index is 942. The van der Waals surface area contributed by atoms with Crippen LogP contribution in [-0.4, -0.2) is 59.1 Å². The SMILES string of the molecule is COc1ccc(N2CCN(C(=O)c3cn(-c4ccc(C)cc4)nn3)CC2)cc1. The van der Waals surface area contributed by atoms with Crippen LogP contribution in [0.2, 0.25) is 0 Å². The van der Waals surface area contributed by atoms with E-state index in [-0.39, 0.29) is 5.91 Å². The number of piperazine rings is 1. The third-order valence-corrected chi connectivity index (χ3v) is 5.02. The number of amides is 1. The summed E-state index contributed by atoms with van der Waals surface area (Å²) in [7, 11) is 1.66. The van der Waals surface area contributed by atoms with Gasteiger partial charge in [0, 0.05) is 31.9 Å². The molecule has 0 saturated carbocycles. The normalized spacial score (nSPS) is 14.2. The van der Waals surface area contributed by atoms with E-state index >= 15 is 0 Å². The summed E-state index contributed by atoms with van der Waals surface area (Å²) in [6.07, 6.45) is 1.70. The van der Waals surface area contributed by atoms with Gasteiger partial charge in [-0.3, -0.25) is 4.79 Å². The molecule has 2 aromatic carbocycles. The minimum absolute atomic E-state index is 0.0762. The Hall–Kier alpha value is -3.35. The fourth-order valence-electron chi connectivity index (χ4n) is 3.31. The summed E-state index contributed by atoms with van der Waals surface area (Å²) < 4.78 is 6.85. The maximum Gasteiger partial charge on any atom is 0.276 e. The molecule has 144 valence electrons. The second-order valence-electron chi connectivity index (χ2n) is 6.86. The fourth-order valence-corrected chi connectivity index (χ4v) is 3.31. The van der Waals surface area contributed by atoms with E-state index in [0.717, 1.165) is 30.2 Å². The van der Waals surface area contributed by atoms with E-state index in [9.17, 15) is 4.79 Å². The maximum absolute atomic E-state index is 12.8. The van der Waals surface area contributed by atoms with E-state index in [1.165, 1.54) is 5.56 Å². The molecule has 1 amide bonds. The number of carbonyl (C=O) groups is 1. The van der Waals surface area contributed by atoms with Crippen molar-refractivity contribution >= 4 is 11.6 Å². The van der Waals surface area contributed by atoms with Gasteiger partial charge in [-0.15, -0.1) is 5.10 Å². The van der Waals surface area contributed by atoms with E-state index in [2.05, 4.69) is 15.2 Å². The van der Waals surface area contributed by atoms with Crippen LogP contribution in [-0.2, 0) is 0 Å². The Morgan fingerprint density at radius 3 is 2.21 bits per heavy atom. The predicted octanol–water partition coefficient (Wildman–Crippen LogP) is 2.55. The van der Waals surface area contributed by atoms with Gasteiger partial charge in [-0.2, -0.15) is 0 Å². The second kappa shape index (κ2) is 7.72. The number of aryl methyl sites for hydroxylation is 1. The Morgan fingerprint density at radius 2 is 1.57 bits per heavy atom. The number of hydrogen-bond donors (Lipinski definition) is 0. The number of ether oxygens (including phenoxy) is 1. The number of anilines is 1. The molecule has 0 bridgehead atoms. The van der Waals surface area contributed by atoms with Crippen molar-refractivity contribution in [3.05, 3.63) is 66.0 Å². The second-order valence-corrected chi connectivity index (χ2v) is 6.86. The van der Waals surface area contributed by atoms with Crippen LogP contribution in [0.1, 0.15) is 16.1 Å². The highest BCUT2D eigenvalue weighted by molar-refractivity contribution is 5.92. The number of carbonyl (C=O) groups excluding carboxylic acids is 1. The zero-order chi connectivity index (χ0) is 19.5. The van der Waals surface area contributed by atoms with Crippen LogP contribution in [0, 0.1) is 6.92 Å². The van der Waals surface area contributed by atoms with Crippen molar-refractivity contribution in [2.75, 3.05) is 38.2 Å². The quantitative estimate of drug-likeness (QED) is 0.699. The third kappa shape index (κ3) is 3.69. The third-order valence-electron chi connectivity index (χ3n) is 5.02. The molecule has 3 aromatic rings. The molecule has 0 N–H and O–H groups in total. The number of hydrogen-bond acceptors (Lipinski definition) is 5. The number of rotatable bonds is 4. The summed E-state index contributed by atoms with van der Waals surface area (Å²) in [5.41, 5.74) is 3.58. The molecule has 0 atom stereocenters. The molecule has 0 aliphatic carbocycles. The highest BCUT2D eigenvalue weighted by Crippen LogP contribution is 2.21. The lowest BCUT2D eigenvalue weighted by Crippen LogP contribution is -2.48. The van der Waals surface area contributed by atoms with Gasteiger partial charge in [0.15, 0.2) is 5.69 Å². The van der Waals surface area contributed by atoms with Crippen LogP contribution < -0.4 is 9.64 Å². The van der Waals surface area contributed by atoms with Crippen molar-refractivity contribution in [2.45, 2.75) is 6.92 Å². The molecule has 1 aromatic heterocycles. The average molecular weight is 377 g/mol. The number of nitrogens with zero attached hydrogens (tertiary/aromatic N) is 5. The first-order chi connectivity index (χ1) is 13.6. The zero-order valence-corrected chi connectivity index (χ0v) is 16.1. The monoisotopic (exact) mass is 377 g/mol. The van der Waals surface area contributed by atoms with Crippen LogP contribution in [0.5, 0.6) is 5.75 Å². The molecule has 1 aliphatic rings. The summed E-state index contributed by atoms with van der Waals surface area (Å²) in [5, 5.41) is 8.19. The molecule has 0 unspecified atom stereocenters. The summed E-state index contributed by atoms with van der Waals surface area (Å²) in [4.78, 5) is 16.9. The summed E-state index contributed by atoms with van der Waals surface area (Å²) in [6.45, 7) is 4.91. The van der Waals surface area contributed by atoms with E-state index in [1.54, 1.807) is 18.0 Å². The Kier molecular flexibility index (Phi) is 4.97. The van der Waals surface area contributed by atoms with E-state index in [1.807, 2.05) is 60.4 Å². The van der Waals surface area contributed by atoms with Crippen LogP contribution in [0.3, 0.4) is 0 Å². The first kappa shape index (κ1) is 18.0. The van der Waals surface area contributed by atoms with Gasteiger partial charge < -0.3 is 14.5 Å². The minimum Gasteiger partial charge on any atom is -0.497 e. The van der Waals surface area contributed by atoms with Crippen LogP contribution in [0.15, 0.2) is 54.7 Å². The summed E-state index contributed by atoms with van der Waals surface area (Å²) in [6, 6.07) is 15.9. The van der Waals surface area contributed by atoms with Gasteiger partial charge in [0.2, 0.25) is 0 Å². The van der Waals surface area contributed by atoms with Crippen molar-refractivity contribution in [2.24, 2.45) is 0 Å². The minimum atomic E-state index is -0.0762. The number of methoxy groups -OCH3 is 1. The van der Waals surface area contributed by atoms with Crippen molar-refractivity contribution in [1.82, 2.24) is 19.9 Å². The topological polar surface area (TPSA) is 63.5 Å². The lowest BCUT2D eigenvalue weighted by Gasteiger charge is -2.35.